The molecule has 0 saturated carbocycles. The molecule has 10 heteroatoms. The molecule has 3 rings (SSSR count). The molecule has 214 valence electrons. The molecule has 2 amide bonds. The fourth-order valence-electron chi connectivity index (χ4n) is 3.99. The van der Waals surface area contributed by atoms with E-state index in [1.54, 1.807) is 43.3 Å². The number of halogens is 1. The van der Waals surface area contributed by atoms with Gasteiger partial charge in [-0.1, -0.05) is 36.8 Å². The molecule has 0 radical (unpaired) electrons. The Balaban J connectivity index is 2.03. The van der Waals surface area contributed by atoms with E-state index in [9.17, 15) is 22.4 Å². The maximum absolute atomic E-state index is 13.9. The summed E-state index contributed by atoms with van der Waals surface area (Å²) in [7, 11) is -2.69. The first-order valence-electron chi connectivity index (χ1n) is 13.0. The molecule has 0 heterocycles. The van der Waals surface area contributed by atoms with Crippen LogP contribution in [0.25, 0.3) is 0 Å². The summed E-state index contributed by atoms with van der Waals surface area (Å²) in [6.45, 7) is 6.67. The van der Waals surface area contributed by atoms with E-state index in [4.69, 9.17) is 4.74 Å². The van der Waals surface area contributed by atoms with E-state index in [1.807, 2.05) is 20.8 Å². The number of methoxy groups -OCH3 is 1. The monoisotopic (exact) mass is 569 g/mol. The summed E-state index contributed by atoms with van der Waals surface area (Å²) < 4.78 is 47.6. The van der Waals surface area contributed by atoms with Crippen LogP contribution in [0.3, 0.4) is 0 Å². The van der Waals surface area contributed by atoms with Gasteiger partial charge in [0.1, 0.15) is 24.2 Å². The van der Waals surface area contributed by atoms with Gasteiger partial charge in [-0.3, -0.25) is 13.9 Å². The van der Waals surface area contributed by atoms with Crippen molar-refractivity contribution in [3.8, 4) is 5.75 Å². The lowest BCUT2D eigenvalue weighted by molar-refractivity contribution is -0.139. The second-order valence-electron chi connectivity index (χ2n) is 9.67. The largest absolute Gasteiger partial charge is 0.497 e. The van der Waals surface area contributed by atoms with Crippen molar-refractivity contribution in [3.63, 3.8) is 0 Å². The third kappa shape index (κ3) is 7.59. The zero-order valence-electron chi connectivity index (χ0n) is 23.4. The zero-order valence-corrected chi connectivity index (χ0v) is 24.2. The van der Waals surface area contributed by atoms with Gasteiger partial charge < -0.3 is 15.0 Å². The molecule has 2 atom stereocenters. The van der Waals surface area contributed by atoms with E-state index in [2.05, 4.69) is 5.32 Å². The quantitative estimate of drug-likeness (QED) is 0.342. The van der Waals surface area contributed by atoms with Crippen LogP contribution in [0.5, 0.6) is 5.75 Å². The Bertz CT molecular complexity index is 1410. The summed E-state index contributed by atoms with van der Waals surface area (Å²) >= 11 is 0. The number of hydrogen-bond donors (Lipinski definition) is 1. The van der Waals surface area contributed by atoms with E-state index in [0.717, 1.165) is 22.0 Å². The van der Waals surface area contributed by atoms with Crippen molar-refractivity contribution < 1.29 is 27.1 Å². The molecule has 0 aliphatic carbocycles. The second kappa shape index (κ2) is 13.4. The first-order chi connectivity index (χ1) is 19.0. The number of ether oxygens (including phenoxy) is 1. The smallest absolute Gasteiger partial charge is 0.264 e. The van der Waals surface area contributed by atoms with Gasteiger partial charge in [-0.25, -0.2) is 12.8 Å². The lowest BCUT2D eigenvalue weighted by Crippen LogP contribution is -2.52. The molecule has 3 aromatic rings. The SMILES string of the molecule is CC[C@H](C)NC(=O)[C@H](C)N(Cc1cccc(OC)c1)C(=O)CN(c1ccc(F)cc1)S(=O)(=O)c1ccc(C)cc1. The fourth-order valence-corrected chi connectivity index (χ4v) is 5.40. The van der Waals surface area contributed by atoms with Crippen molar-refractivity contribution in [3.05, 3.63) is 89.7 Å². The number of carbonyl (C=O) groups is 2. The number of nitrogens with one attached hydrogen (secondary N) is 1. The molecule has 1 N–H and O–H groups in total. The maximum Gasteiger partial charge on any atom is 0.264 e. The molecule has 0 fully saturated rings. The number of amides is 2. The van der Waals surface area contributed by atoms with E-state index < -0.39 is 34.3 Å². The molecule has 0 spiro atoms. The topological polar surface area (TPSA) is 96.0 Å². The highest BCUT2D eigenvalue weighted by Gasteiger charge is 2.32. The fraction of sp³-hybridized carbons (Fsp3) is 0.333. The van der Waals surface area contributed by atoms with Gasteiger partial charge in [0.25, 0.3) is 10.0 Å². The second-order valence-corrected chi connectivity index (χ2v) is 11.5. The van der Waals surface area contributed by atoms with Crippen molar-refractivity contribution in [2.45, 2.75) is 57.6 Å². The van der Waals surface area contributed by atoms with Crippen LogP contribution >= 0.6 is 0 Å². The zero-order chi connectivity index (χ0) is 29.4. The predicted octanol–water partition coefficient (Wildman–Crippen LogP) is 4.67. The maximum atomic E-state index is 13.9. The highest BCUT2D eigenvalue weighted by atomic mass is 32.2. The molecule has 8 nitrogen and oxygen atoms in total. The summed E-state index contributed by atoms with van der Waals surface area (Å²) in [6.07, 6.45) is 0.704. The molecule has 0 aliphatic heterocycles. The Hall–Kier alpha value is -3.92. The summed E-state index contributed by atoms with van der Waals surface area (Å²) in [5.41, 5.74) is 1.69. The standard InChI is InChI=1S/C30H36FN3O5S/c1-6-22(3)32-30(36)23(4)33(19-24-8-7-9-27(18-24)39-5)29(35)20-34(26-14-12-25(31)13-15-26)40(37,38)28-16-10-21(2)11-17-28/h7-18,22-23H,6,19-20H2,1-5H3,(H,32,36)/t22-,23-/m0/s1. The average Bonchev–Trinajstić information content (AvgIpc) is 2.94. The lowest BCUT2D eigenvalue weighted by Gasteiger charge is -2.32. The Labute approximate surface area is 235 Å². The Kier molecular flexibility index (Phi) is 10.3. The van der Waals surface area contributed by atoms with E-state index in [1.165, 1.54) is 36.3 Å². The Morgan fingerprint density at radius 2 is 1.65 bits per heavy atom. The molecule has 40 heavy (non-hydrogen) atoms. The first-order valence-corrected chi connectivity index (χ1v) is 14.5. The summed E-state index contributed by atoms with van der Waals surface area (Å²) in [5, 5.41) is 2.89. The van der Waals surface area contributed by atoms with Gasteiger partial charge in [-0.2, -0.15) is 0 Å². The number of aryl methyl sites for hydroxylation is 1. The van der Waals surface area contributed by atoms with Crippen LogP contribution in [0, 0.1) is 12.7 Å². The average molecular weight is 570 g/mol. The highest BCUT2D eigenvalue weighted by molar-refractivity contribution is 7.92. The van der Waals surface area contributed by atoms with Crippen LogP contribution in [0.4, 0.5) is 10.1 Å². The van der Waals surface area contributed by atoms with Crippen LogP contribution in [0.15, 0.2) is 77.7 Å². The van der Waals surface area contributed by atoms with E-state index in [-0.39, 0.29) is 29.1 Å². The number of anilines is 1. The van der Waals surface area contributed by atoms with Crippen LogP contribution in [-0.2, 0) is 26.2 Å². The minimum Gasteiger partial charge on any atom is -0.497 e. The summed E-state index contributed by atoms with van der Waals surface area (Å²) in [5.74, 6) is -0.927. The van der Waals surface area contributed by atoms with Crippen LogP contribution in [0.1, 0.15) is 38.3 Å². The Morgan fingerprint density at radius 3 is 2.25 bits per heavy atom. The molecular weight excluding hydrogens is 533 g/mol. The summed E-state index contributed by atoms with van der Waals surface area (Å²) in [6, 6.07) is 17.2. The molecule has 0 unspecified atom stereocenters. The van der Waals surface area contributed by atoms with Crippen LogP contribution in [0.2, 0.25) is 0 Å². The van der Waals surface area contributed by atoms with Gasteiger partial charge in [0, 0.05) is 12.6 Å². The molecule has 0 bridgehead atoms. The van der Waals surface area contributed by atoms with Crippen molar-refractivity contribution in [2.24, 2.45) is 0 Å². The lowest BCUT2D eigenvalue weighted by atomic mass is 10.1. The highest BCUT2D eigenvalue weighted by Crippen LogP contribution is 2.25. The van der Waals surface area contributed by atoms with Gasteiger partial charge in [0.2, 0.25) is 11.8 Å². The normalized spacial score (nSPS) is 12.8. The van der Waals surface area contributed by atoms with Crippen molar-refractivity contribution in [1.82, 2.24) is 10.2 Å². The minimum absolute atomic E-state index is 0.0165. The van der Waals surface area contributed by atoms with E-state index >= 15 is 0 Å². The molecular formula is C30H36FN3O5S. The van der Waals surface area contributed by atoms with Crippen LogP contribution in [-0.4, -0.2) is 50.9 Å². The third-order valence-electron chi connectivity index (χ3n) is 6.66. The number of nitrogens with zero attached hydrogens (tertiary/aromatic N) is 2. The molecule has 0 saturated heterocycles. The first kappa shape index (κ1) is 30.6. The Morgan fingerprint density at radius 1 is 1.00 bits per heavy atom. The van der Waals surface area contributed by atoms with Gasteiger partial charge in [0.15, 0.2) is 0 Å². The molecule has 0 aliphatic rings. The number of sulfonamides is 1. The number of benzene rings is 3. The third-order valence-corrected chi connectivity index (χ3v) is 8.45. The van der Waals surface area contributed by atoms with Gasteiger partial charge in [0.05, 0.1) is 17.7 Å². The number of rotatable bonds is 12. The van der Waals surface area contributed by atoms with Crippen LogP contribution < -0.4 is 14.4 Å². The predicted molar refractivity (Wildman–Crippen MR) is 153 cm³/mol. The van der Waals surface area contributed by atoms with Gasteiger partial charge >= 0.3 is 0 Å². The number of carbonyl (C=O) groups excluding carboxylic acids is 2. The summed E-state index contributed by atoms with van der Waals surface area (Å²) in [4.78, 5) is 28.4. The van der Waals surface area contributed by atoms with Gasteiger partial charge in [-0.05, 0) is 81.3 Å². The molecule has 0 aromatic heterocycles. The number of hydrogen-bond acceptors (Lipinski definition) is 5. The van der Waals surface area contributed by atoms with Crippen molar-refractivity contribution in [1.29, 1.82) is 0 Å². The minimum atomic E-state index is -4.22. The van der Waals surface area contributed by atoms with E-state index in [0.29, 0.717) is 17.7 Å². The van der Waals surface area contributed by atoms with Crippen molar-refractivity contribution >= 4 is 27.5 Å². The molecule has 3 aromatic carbocycles. The van der Waals surface area contributed by atoms with Crippen molar-refractivity contribution in [2.75, 3.05) is 18.0 Å². The van der Waals surface area contributed by atoms with Gasteiger partial charge in [-0.15, -0.1) is 0 Å².